The van der Waals surface area contributed by atoms with E-state index in [1.165, 1.54) is 12.1 Å². The molecule has 1 aromatic heterocycles. The third-order valence-corrected chi connectivity index (χ3v) is 3.47. The van der Waals surface area contributed by atoms with Gasteiger partial charge in [-0.05, 0) is 37.0 Å². The Bertz CT molecular complexity index is 610. The molecule has 4 N–H and O–H groups in total. The van der Waals surface area contributed by atoms with Crippen LogP contribution in [-0.2, 0) is 6.42 Å². The number of hydrazine groups is 1. The van der Waals surface area contributed by atoms with Crippen LogP contribution in [0.25, 0.3) is 0 Å². The molecular weight excluding hydrogens is 269 g/mol. The zero-order chi connectivity index (χ0) is 14.7. The van der Waals surface area contributed by atoms with Gasteiger partial charge in [0.15, 0.2) is 0 Å². The van der Waals surface area contributed by atoms with Crippen molar-refractivity contribution in [3.8, 4) is 0 Å². The molecule has 0 saturated heterocycles. The van der Waals surface area contributed by atoms with Gasteiger partial charge < -0.3 is 10.7 Å². The summed E-state index contributed by atoms with van der Waals surface area (Å²) in [5.41, 5.74) is 3.65. The highest BCUT2D eigenvalue weighted by Crippen LogP contribution is 2.38. The Morgan fingerprint density at radius 2 is 1.86 bits per heavy atom. The van der Waals surface area contributed by atoms with Gasteiger partial charge in [0, 0.05) is 18.5 Å². The lowest BCUT2D eigenvalue weighted by molar-refractivity contribution is 0.627. The van der Waals surface area contributed by atoms with Gasteiger partial charge in [0.1, 0.15) is 23.3 Å². The normalized spacial score (nSPS) is 14.0. The van der Waals surface area contributed by atoms with Crippen LogP contribution in [0.4, 0.5) is 16.0 Å². The lowest BCUT2D eigenvalue weighted by atomic mass is 10.1. The average Bonchev–Trinajstić information content (AvgIpc) is 3.34. The lowest BCUT2D eigenvalue weighted by Gasteiger charge is -2.09. The zero-order valence-corrected chi connectivity index (χ0v) is 11.6. The minimum atomic E-state index is -0.213. The second kappa shape index (κ2) is 6.05. The van der Waals surface area contributed by atoms with E-state index >= 15 is 0 Å². The topological polar surface area (TPSA) is 75.9 Å². The number of nitrogens with one attached hydrogen (secondary N) is 2. The van der Waals surface area contributed by atoms with E-state index in [2.05, 4.69) is 20.7 Å². The number of anilines is 2. The van der Waals surface area contributed by atoms with Gasteiger partial charge in [-0.25, -0.2) is 20.2 Å². The van der Waals surface area contributed by atoms with E-state index in [1.54, 1.807) is 18.2 Å². The van der Waals surface area contributed by atoms with Crippen LogP contribution in [0.15, 0.2) is 30.3 Å². The Morgan fingerprint density at radius 3 is 2.52 bits per heavy atom. The second-order valence-electron chi connectivity index (χ2n) is 5.22. The fourth-order valence-electron chi connectivity index (χ4n) is 2.14. The Labute approximate surface area is 122 Å². The molecule has 0 spiro atoms. The third-order valence-electron chi connectivity index (χ3n) is 3.47. The summed E-state index contributed by atoms with van der Waals surface area (Å²) in [6, 6.07) is 8.32. The lowest BCUT2D eigenvalue weighted by Crippen LogP contribution is -2.13. The highest BCUT2D eigenvalue weighted by molar-refractivity contribution is 5.47. The molecule has 0 atom stereocenters. The standard InChI is InChI=1S/C15H18FN5/c16-12-5-1-10(2-6-12)7-8-18-13-9-14(21-17)20-15(19-13)11-3-4-11/h1-2,5-6,9,11H,3-4,7-8,17H2,(H2,18,19,20,21). The van der Waals surface area contributed by atoms with Crippen LogP contribution in [0.3, 0.4) is 0 Å². The number of halogens is 1. The summed E-state index contributed by atoms with van der Waals surface area (Å²) >= 11 is 0. The number of nitrogens with two attached hydrogens (primary N) is 1. The van der Waals surface area contributed by atoms with Gasteiger partial charge >= 0.3 is 0 Å². The van der Waals surface area contributed by atoms with Crippen LogP contribution in [0, 0.1) is 5.82 Å². The molecule has 0 unspecified atom stereocenters. The first kappa shape index (κ1) is 13.8. The van der Waals surface area contributed by atoms with Crippen LogP contribution in [-0.4, -0.2) is 16.5 Å². The number of rotatable bonds is 6. The molecule has 110 valence electrons. The number of aromatic nitrogens is 2. The molecule has 1 fully saturated rings. The third kappa shape index (κ3) is 3.66. The molecule has 5 nitrogen and oxygen atoms in total. The molecule has 0 aliphatic heterocycles. The van der Waals surface area contributed by atoms with Crippen molar-refractivity contribution in [2.45, 2.75) is 25.2 Å². The fraction of sp³-hybridized carbons (Fsp3) is 0.333. The summed E-state index contributed by atoms with van der Waals surface area (Å²) in [5.74, 6) is 7.92. The average molecular weight is 287 g/mol. The first-order valence-corrected chi connectivity index (χ1v) is 7.08. The summed E-state index contributed by atoms with van der Waals surface area (Å²) in [6.45, 7) is 0.719. The summed E-state index contributed by atoms with van der Waals surface area (Å²) < 4.78 is 12.8. The maximum atomic E-state index is 12.8. The van der Waals surface area contributed by atoms with Crippen molar-refractivity contribution in [3.05, 3.63) is 47.5 Å². The van der Waals surface area contributed by atoms with Gasteiger partial charge in [-0.1, -0.05) is 12.1 Å². The van der Waals surface area contributed by atoms with Crippen molar-refractivity contribution in [1.29, 1.82) is 0 Å². The zero-order valence-electron chi connectivity index (χ0n) is 11.6. The van der Waals surface area contributed by atoms with Crippen LogP contribution >= 0.6 is 0 Å². The van der Waals surface area contributed by atoms with E-state index in [9.17, 15) is 4.39 Å². The van der Waals surface area contributed by atoms with Gasteiger partial charge in [0.25, 0.3) is 0 Å². The van der Waals surface area contributed by atoms with Gasteiger partial charge in [-0.3, -0.25) is 0 Å². The number of benzene rings is 1. The van der Waals surface area contributed by atoms with Crippen molar-refractivity contribution in [2.75, 3.05) is 17.3 Å². The maximum Gasteiger partial charge on any atom is 0.145 e. The summed E-state index contributed by atoms with van der Waals surface area (Å²) in [7, 11) is 0. The van der Waals surface area contributed by atoms with E-state index in [4.69, 9.17) is 5.84 Å². The largest absolute Gasteiger partial charge is 0.370 e. The number of hydrogen-bond donors (Lipinski definition) is 3. The van der Waals surface area contributed by atoms with Gasteiger partial charge in [-0.2, -0.15) is 0 Å². The summed E-state index contributed by atoms with van der Waals surface area (Å²) in [4.78, 5) is 8.87. The monoisotopic (exact) mass is 287 g/mol. The molecule has 0 amide bonds. The Balaban J connectivity index is 1.61. The highest BCUT2D eigenvalue weighted by atomic mass is 19.1. The highest BCUT2D eigenvalue weighted by Gasteiger charge is 2.27. The maximum absolute atomic E-state index is 12.8. The number of nitrogens with zero attached hydrogens (tertiary/aromatic N) is 2. The Morgan fingerprint density at radius 1 is 1.14 bits per heavy atom. The molecule has 1 aromatic carbocycles. The molecule has 2 aromatic rings. The van der Waals surface area contributed by atoms with Crippen LogP contribution in [0.5, 0.6) is 0 Å². The Hall–Kier alpha value is -2.21. The number of hydrogen-bond acceptors (Lipinski definition) is 5. The molecule has 0 radical (unpaired) electrons. The molecule has 21 heavy (non-hydrogen) atoms. The first-order chi connectivity index (χ1) is 10.2. The Kier molecular flexibility index (Phi) is 3.96. The van der Waals surface area contributed by atoms with Gasteiger partial charge in [-0.15, -0.1) is 0 Å². The first-order valence-electron chi connectivity index (χ1n) is 7.08. The second-order valence-corrected chi connectivity index (χ2v) is 5.22. The minimum absolute atomic E-state index is 0.213. The van der Waals surface area contributed by atoms with E-state index < -0.39 is 0 Å². The van der Waals surface area contributed by atoms with Crippen molar-refractivity contribution < 1.29 is 4.39 Å². The fourth-order valence-corrected chi connectivity index (χ4v) is 2.14. The van der Waals surface area contributed by atoms with Crippen LogP contribution in [0.1, 0.15) is 30.1 Å². The molecule has 1 saturated carbocycles. The van der Waals surface area contributed by atoms with E-state index in [0.717, 1.165) is 43.0 Å². The summed E-state index contributed by atoms with van der Waals surface area (Å²) in [6.07, 6.45) is 3.08. The van der Waals surface area contributed by atoms with Crippen molar-refractivity contribution >= 4 is 11.6 Å². The van der Waals surface area contributed by atoms with E-state index in [0.29, 0.717) is 11.7 Å². The van der Waals surface area contributed by atoms with Crippen LogP contribution in [0.2, 0.25) is 0 Å². The predicted octanol–water partition coefficient (Wildman–Crippen LogP) is 2.43. The van der Waals surface area contributed by atoms with Gasteiger partial charge in [0.05, 0.1) is 0 Å². The molecule has 3 rings (SSSR count). The molecule has 1 aliphatic carbocycles. The van der Waals surface area contributed by atoms with Crippen LogP contribution < -0.4 is 16.6 Å². The van der Waals surface area contributed by atoms with Crippen molar-refractivity contribution in [2.24, 2.45) is 5.84 Å². The molecule has 1 heterocycles. The molecule has 1 aliphatic rings. The quantitative estimate of drug-likeness (QED) is 0.562. The SMILES string of the molecule is NNc1cc(NCCc2ccc(F)cc2)nc(C2CC2)n1. The number of nitrogen functional groups attached to an aromatic ring is 1. The smallest absolute Gasteiger partial charge is 0.145 e. The molecular formula is C15H18FN5. The van der Waals surface area contributed by atoms with Crippen molar-refractivity contribution in [3.63, 3.8) is 0 Å². The molecule has 6 heteroatoms. The predicted molar refractivity (Wildman–Crippen MR) is 80.4 cm³/mol. The van der Waals surface area contributed by atoms with E-state index in [1.807, 2.05) is 0 Å². The van der Waals surface area contributed by atoms with Crippen molar-refractivity contribution in [1.82, 2.24) is 9.97 Å². The van der Waals surface area contributed by atoms with Gasteiger partial charge in [0.2, 0.25) is 0 Å². The van der Waals surface area contributed by atoms with E-state index in [-0.39, 0.29) is 5.82 Å². The minimum Gasteiger partial charge on any atom is -0.370 e. The summed E-state index contributed by atoms with van der Waals surface area (Å²) in [5, 5.41) is 3.27. The molecule has 0 bridgehead atoms.